The smallest absolute Gasteiger partial charge is 0.253 e. The van der Waals surface area contributed by atoms with Gasteiger partial charge >= 0.3 is 0 Å². The second-order valence-corrected chi connectivity index (χ2v) is 5.77. The third-order valence-corrected chi connectivity index (χ3v) is 4.25. The summed E-state index contributed by atoms with van der Waals surface area (Å²) >= 11 is 9.42. The molecule has 3 nitrogen and oxygen atoms in total. The fourth-order valence-corrected chi connectivity index (χ4v) is 2.53. The third-order valence-electron chi connectivity index (χ3n) is 2.95. The Kier molecular flexibility index (Phi) is 5.79. The molecule has 5 heteroatoms. The van der Waals surface area contributed by atoms with Gasteiger partial charge in [-0.2, -0.15) is 0 Å². The number of amides is 1. The van der Waals surface area contributed by atoms with Crippen molar-refractivity contribution in [3.8, 4) is 0 Å². The Morgan fingerprint density at radius 2 is 1.95 bits per heavy atom. The van der Waals surface area contributed by atoms with Crippen LogP contribution < -0.4 is 5.32 Å². The van der Waals surface area contributed by atoms with Crippen LogP contribution in [0.1, 0.15) is 21.5 Å². The molecule has 0 bridgehead atoms. The summed E-state index contributed by atoms with van der Waals surface area (Å²) in [7, 11) is 1.66. The largest absolute Gasteiger partial charge is 0.380 e. The molecule has 0 unspecified atom stereocenters. The summed E-state index contributed by atoms with van der Waals surface area (Å²) in [5.41, 5.74) is 2.55. The van der Waals surface area contributed by atoms with Crippen LogP contribution in [0.25, 0.3) is 0 Å². The second kappa shape index (κ2) is 7.59. The molecule has 1 N–H and O–H groups in total. The number of carbonyl (C=O) groups excluding carboxylic acids is 1. The monoisotopic (exact) mass is 367 g/mol. The van der Waals surface area contributed by atoms with Crippen molar-refractivity contribution in [2.45, 2.75) is 13.2 Å². The van der Waals surface area contributed by atoms with Crippen LogP contribution in [0, 0.1) is 0 Å². The number of nitrogens with one attached hydrogen (secondary N) is 1. The average molecular weight is 369 g/mol. The van der Waals surface area contributed by atoms with E-state index >= 15 is 0 Å². The Bertz CT molecular complexity index is 646. The van der Waals surface area contributed by atoms with Gasteiger partial charge in [0.1, 0.15) is 0 Å². The zero-order valence-corrected chi connectivity index (χ0v) is 13.9. The molecule has 0 heterocycles. The van der Waals surface area contributed by atoms with Crippen LogP contribution in [0.5, 0.6) is 0 Å². The molecule has 110 valence electrons. The fourth-order valence-electron chi connectivity index (χ4n) is 1.95. The topological polar surface area (TPSA) is 38.3 Å². The molecular weight excluding hydrogens is 354 g/mol. The SMILES string of the molecule is COCc1cccc(CNC(=O)c2cccc(Br)c2Cl)c1. The minimum Gasteiger partial charge on any atom is -0.380 e. The van der Waals surface area contributed by atoms with Crippen molar-refractivity contribution in [1.82, 2.24) is 5.32 Å². The van der Waals surface area contributed by atoms with Gasteiger partial charge in [-0.3, -0.25) is 4.79 Å². The zero-order chi connectivity index (χ0) is 15.2. The quantitative estimate of drug-likeness (QED) is 0.860. The highest BCUT2D eigenvalue weighted by molar-refractivity contribution is 9.10. The van der Waals surface area contributed by atoms with E-state index < -0.39 is 0 Å². The predicted molar refractivity (Wildman–Crippen MR) is 87.5 cm³/mol. The van der Waals surface area contributed by atoms with Crippen LogP contribution in [0.3, 0.4) is 0 Å². The number of ether oxygens (including phenoxy) is 1. The Morgan fingerprint density at radius 3 is 2.71 bits per heavy atom. The van der Waals surface area contributed by atoms with Gasteiger partial charge in [0.15, 0.2) is 0 Å². The van der Waals surface area contributed by atoms with Crippen LogP contribution in [0.4, 0.5) is 0 Å². The maximum Gasteiger partial charge on any atom is 0.253 e. The van der Waals surface area contributed by atoms with Gasteiger partial charge in [-0.05, 0) is 39.2 Å². The number of carbonyl (C=O) groups is 1. The molecule has 2 rings (SSSR count). The molecule has 0 atom stereocenters. The van der Waals surface area contributed by atoms with E-state index in [1.807, 2.05) is 24.3 Å². The lowest BCUT2D eigenvalue weighted by atomic mass is 10.1. The first-order chi connectivity index (χ1) is 10.1. The van der Waals surface area contributed by atoms with Gasteiger partial charge in [0.2, 0.25) is 0 Å². The first-order valence-electron chi connectivity index (χ1n) is 6.41. The van der Waals surface area contributed by atoms with Crippen LogP contribution in [0.2, 0.25) is 5.02 Å². The van der Waals surface area contributed by atoms with Crippen molar-refractivity contribution < 1.29 is 9.53 Å². The molecule has 0 radical (unpaired) electrons. The lowest BCUT2D eigenvalue weighted by Crippen LogP contribution is -2.23. The van der Waals surface area contributed by atoms with Gasteiger partial charge in [0.25, 0.3) is 5.91 Å². The van der Waals surface area contributed by atoms with Gasteiger partial charge in [0, 0.05) is 18.1 Å². The summed E-state index contributed by atoms with van der Waals surface area (Å²) in [6.45, 7) is 0.998. The van der Waals surface area contributed by atoms with Crippen molar-refractivity contribution in [3.05, 3.63) is 68.7 Å². The molecule has 0 aliphatic carbocycles. The van der Waals surface area contributed by atoms with Gasteiger partial charge in [-0.15, -0.1) is 0 Å². The zero-order valence-electron chi connectivity index (χ0n) is 11.5. The first kappa shape index (κ1) is 16.0. The van der Waals surface area contributed by atoms with Gasteiger partial charge in [-0.1, -0.05) is 41.9 Å². The van der Waals surface area contributed by atoms with E-state index in [1.54, 1.807) is 25.3 Å². The molecule has 0 fully saturated rings. The van der Waals surface area contributed by atoms with Crippen molar-refractivity contribution in [1.29, 1.82) is 0 Å². The highest BCUT2D eigenvalue weighted by atomic mass is 79.9. The Hall–Kier alpha value is -1.36. The Balaban J connectivity index is 2.04. The summed E-state index contributed by atoms with van der Waals surface area (Å²) in [5, 5.41) is 3.29. The van der Waals surface area contributed by atoms with Gasteiger partial charge < -0.3 is 10.1 Å². The normalized spacial score (nSPS) is 10.4. The Morgan fingerprint density at radius 1 is 1.24 bits per heavy atom. The second-order valence-electron chi connectivity index (χ2n) is 4.54. The maximum atomic E-state index is 12.2. The van der Waals surface area contributed by atoms with Crippen molar-refractivity contribution in [3.63, 3.8) is 0 Å². The van der Waals surface area contributed by atoms with Crippen LogP contribution >= 0.6 is 27.5 Å². The van der Waals surface area contributed by atoms with Crippen LogP contribution in [0.15, 0.2) is 46.9 Å². The summed E-state index contributed by atoms with van der Waals surface area (Å²) in [6.07, 6.45) is 0. The molecule has 0 aliphatic heterocycles. The first-order valence-corrected chi connectivity index (χ1v) is 7.58. The lowest BCUT2D eigenvalue weighted by molar-refractivity contribution is 0.0951. The van der Waals surface area contributed by atoms with Gasteiger partial charge in [-0.25, -0.2) is 0 Å². The molecule has 0 aliphatic rings. The number of halogens is 2. The fraction of sp³-hybridized carbons (Fsp3) is 0.188. The molecule has 0 saturated heterocycles. The van der Waals surface area contributed by atoms with Crippen molar-refractivity contribution in [2.24, 2.45) is 0 Å². The minimum atomic E-state index is -0.196. The van der Waals surface area contributed by atoms with Crippen LogP contribution in [-0.2, 0) is 17.9 Å². The van der Waals surface area contributed by atoms with Crippen molar-refractivity contribution in [2.75, 3.05) is 7.11 Å². The van der Waals surface area contributed by atoms with Crippen LogP contribution in [-0.4, -0.2) is 13.0 Å². The lowest BCUT2D eigenvalue weighted by Gasteiger charge is -2.09. The summed E-state index contributed by atoms with van der Waals surface area (Å²) < 4.78 is 5.80. The third kappa shape index (κ3) is 4.30. The Labute approximate surface area is 137 Å². The van der Waals surface area contributed by atoms with E-state index in [0.717, 1.165) is 11.1 Å². The highest BCUT2D eigenvalue weighted by Gasteiger charge is 2.11. The summed E-state index contributed by atoms with van der Waals surface area (Å²) in [6, 6.07) is 13.2. The van der Waals surface area contributed by atoms with E-state index in [1.165, 1.54) is 0 Å². The number of benzene rings is 2. The molecule has 0 saturated carbocycles. The van der Waals surface area contributed by atoms with E-state index in [0.29, 0.717) is 28.2 Å². The van der Waals surface area contributed by atoms with Gasteiger partial charge in [0.05, 0.1) is 17.2 Å². The predicted octanol–water partition coefficient (Wildman–Crippen LogP) is 4.18. The van der Waals surface area contributed by atoms with E-state index in [-0.39, 0.29) is 5.91 Å². The van der Waals surface area contributed by atoms with E-state index in [9.17, 15) is 4.79 Å². The molecule has 1 amide bonds. The summed E-state index contributed by atoms with van der Waals surface area (Å²) in [4.78, 5) is 12.2. The molecule has 0 aromatic heterocycles. The number of rotatable bonds is 5. The highest BCUT2D eigenvalue weighted by Crippen LogP contribution is 2.25. The van der Waals surface area contributed by atoms with E-state index in [2.05, 4.69) is 21.2 Å². The molecule has 21 heavy (non-hydrogen) atoms. The summed E-state index contributed by atoms with van der Waals surface area (Å²) in [5.74, 6) is -0.196. The molecule has 0 spiro atoms. The van der Waals surface area contributed by atoms with Crippen molar-refractivity contribution >= 4 is 33.4 Å². The number of methoxy groups -OCH3 is 1. The molecule has 2 aromatic rings. The minimum absolute atomic E-state index is 0.196. The maximum absolute atomic E-state index is 12.2. The average Bonchev–Trinajstić information content (AvgIpc) is 2.48. The number of hydrogen-bond acceptors (Lipinski definition) is 2. The standard InChI is InChI=1S/C16H15BrClNO2/c1-21-10-12-5-2-4-11(8-12)9-19-16(20)13-6-3-7-14(17)15(13)18/h2-8H,9-10H2,1H3,(H,19,20). The number of hydrogen-bond donors (Lipinski definition) is 1. The molecule has 2 aromatic carbocycles. The van der Waals surface area contributed by atoms with E-state index in [4.69, 9.17) is 16.3 Å². The molecular formula is C16H15BrClNO2.